The molecule has 1 unspecified atom stereocenters. The number of hydrogen-bond donors (Lipinski definition) is 2. The van der Waals surface area contributed by atoms with Crippen molar-refractivity contribution in [2.24, 2.45) is 0 Å². The highest BCUT2D eigenvalue weighted by atomic mass is 16.3. The Labute approximate surface area is 122 Å². The monoisotopic (exact) mass is 277 g/mol. The molecule has 1 atom stereocenters. The van der Waals surface area contributed by atoms with E-state index in [-0.39, 0.29) is 0 Å². The van der Waals surface area contributed by atoms with Crippen LogP contribution in [0.1, 0.15) is 44.2 Å². The third-order valence-corrected chi connectivity index (χ3v) is 4.05. The number of rotatable bonds is 4. The van der Waals surface area contributed by atoms with Crippen molar-refractivity contribution in [3.8, 4) is 0 Å². The van der Waals surface area contributed by atoms with Gasteiger partial charge in [0.1, 0.15) is 5.82 Å². The van der Waals surface area contributed by atoms with Crippen molar-refractivity contribution in [3.05, 3.63) is 23.4 Å². The van der Waals surface area contributed by atoms with Gasteiger partial charge in [-0.1, -0.05) is 6.92 Å². The second kappa shape index (κ2) is 6.55. The van der Waals surface area contributed by atoms with Crippen LogP contribution in [0.2, 0.25) is 0 Å². The Hall–Kier alpha value is -1.13. The summed E-state index contributed by atoms with van der Waals surface area (Å²) in [5.74, 6) is 1.07. The molecule has 20 heavy (non-hydrogen) atoms. The second-order valence-electron chi connectivity index (χ2n) is 6.10. The molecule has 1 aliphatic heterocycles. The standard InChI is InChI=1S/C16H27N3O/c1-4-17-11-14-10-13(2)15(18-12-14)19-8-5-6-16(3,20)7-9-19/h10,12,17,20H,4-9,11H2,1-3H3. The molecule has 0 bridgehead atoms. The van der Waals surface area contributed by atoms with Gasteiger partial charge in [0.05, 0.1) is 5.60 Å². The maximum atomic E-state index is 10.2. The molecule has 112 valence electrons. The summed E-state index contributed by atoms with van der Waals surface area (Å²) in [5.41, 5.74) is 1.94. The molecule has 0 saturated carbocycles. The Morgan fingerprint density at radius 3 is 2.90 bits per heavy atom. The van der Waals surface area contributed by atoms with E-state index in [0.29, 0.717) is 0 Å². The van der Waals surface area contributed by atoms with Gasteiger partial charge in [0.2, 0.25) is 0 Å². The first-order valence-electron chi connectivity index (χ1n) is 7.65. The third-order valence-electron chi connectivity index (χ3n) is 4.05. The Morgan fingerprint density at radius 1 is 1.40 bits per heavy atom. The average Bonchev–Trinajstić information content (AvgIpc) is 2.58. The van der Waals surface area contributed by atoms with Gasteiger partial charge < -0.3 is 15.3 Å². The Balaban J connectivity index is 2.08. The Kier molecular flexibility index (Phi) is 5.00. The molecule has 2 rings (SSSR count). The quantitative estimate of drug-likeness (QED) is 0.886. The van der Waals surface area contributed by atoms with Crippen molar-refractivity contribution in [1.29, 1.82) is 0 Å². The van der Waals surface area contributed by atoms with Gasteiger partial charge >= 0.3 is 0 Å². The zero-order valence-electron chi connectivity index (χ0n) is 12.9. The second-order valence-corrected chi connectivity index (χ2v) is 6.10. The summed E-state index contributed by atoms with van der Waals surface area (Å²) in [6.07, 6.45) is 4.68. The van der Waals surface area contributed by atoms with Crippen LogP contribution in [0.15, 0.2) is 12.3 Å². The lowest BCUT2D eigenvalue weighted by Crippen LogP contribution is -2.29. The van der Waals surface area contributed by atoms with Gasteiger partial charge in [-0.2, -0.15) is 0 Å². The van der Waals surface area contributed by atoms with Crippen LogP contribution < -0.4 is 10.2 Å². The van der Waals surface area contributed by atoms with Crippen molar-refractivity contribution < 1.29 is 5.11 Å². The fourth-order valence-corrected chi connectivity index (χ4v) is 2.80. The number of nitrogens with one attached hydrogen (secondary N) is 1. The van der Waals surface area contributed by atoms with E-state index in [9.17, 15) is 5.11 Å². The smallest absolute Gasteiger partial charge is 0.131 e. The minimum atomic E-state index is -0.520. The van der Waals surface area contributed by atoms with E-state index in [0.717, 1.165) is 51.3 Å². The molecule has 0 radical (unpaired) electrons. The van der Waals surface area contributed by atoms with Gasteiger partial charge in [-0.15, -0.1) is 0 Å². The molecular weight excluding hydrogens is 250 g/mol. The van der Waals surface area contributed by atoms with Crippen LogP contribution in [-0.2, 0) is 6.54 Å². The van der Waals surface area contributed by atoms with E-state index >= 15 is 0 Å². The van der Waals surface area contributed by atoms with E-state index in [1.54, 1.807) is 0 Å². The lowest BCUT2D eigenvalue weighted by molar-refractivity contribution is 0.0481. The molecule has 1 aromatic rings. The van der Waals surface area contributed by atoms with Gasteiger partial charge in [0, 0.05) is 25.8 Å². The van der Waals surface area contributed by atoms with E-state index < -0.39 is 5.60 Å². The molecule has 1 saturated heterocycles. The number of aromatic nitrogens is 1. The summed E-state index contributed by atoms with van der Waals surface area (Å²) in [6, 6.07) is 2.22. The maximum Gasteiger partial charge on any atom is 0.131 e. The van der Waals surface area contributed by atoms with E-state index in [1.165, 1.54) is 11.1 Å². The summed E-state index contributed by atoms with van der Waals surface area (Å²) in [7, 11) is 0. The minimum Gasteiger partial charge on any atom is -0.390 e. The molecule has 2 heterocycles. The lowest BCUT2D eigenvalue weighted by Gasteiger charge is -2.25. The number of nitrogens with zero attached hydrogens (tertiary/aromatic N) is 2. The van der Waals surface area contributed by atoms with E-state index in [1.807, 2.05) is 13.1 Å². The summed E-state index contributed by atoms with van der Waals surface area (Å²) < 4.78 is 0. The average molecular weight is 277 g/mol. The topological polar surface area (TPSA) is 48.4 Å². The van der Waals surface area contributed by atoms with Gasteiger partial charge in [0.15, 0.2) is 0 Å². The first-order valence-corrected chi connectivity index (χ1v) is 7.65. The Bertz CT molecular complexity index is 445. The van der Waals surface area contributed by atoms with Crippen LogP contribution >= 0.6 is 0 Å². The predicted octanol–water partition coefficient (Wildman–Crippen LogP) is 2.24. The molecule has 0 aromatic carbocycles. The highest BCUT2D eigenvalue weighted by molar-refractivity contribution is 5.47. The highest BCUT2D eigenvalue weighted by Crippen LogP contribution is 2.26. The van der Waals surface area contributed by atoms with Crippen LogP contribution in [0.4, 0.5) is 5.82 Å². The summed E-state index contributed by atoms with van der Waals surface area (Å²) in [5, 5.41) is 13.5. The number of pyridine rings is 1. The largest absolute Gasteiger partial charge is 0.390 e. The molecule has 0 spiro atoms. The normalized spacial score (nSPS) is 23.7. The number of aliphatic hydroxyl groups is 1. The fourth-order valence-electron chi connectivity index (χ4n) is 2.80. The van der Waals surface area contributed by atoms with E-state index in [2.05, 4.69) is 35.1 Å². The van der Waals surface area contributed by atoms with Gasteiger partial charge in [-0.3, -0.25) is 0 Å². The zero-order valence-corrected chi connectivity index (χ0v) is 12.9. The van der Waals surface area contributed by atoms with Crippen molar-refractivity contribution >= 4 is 5.82 Å². The first-order chi connectivity index (χ1) is 9.52. The van der Waals surface area contributed by atoms with Crippen LogP contribution in [0, 0.1) is 6.92 Å². The fraction of sp³-hybridized carbons (Fsp3) is 0.688. The number of anilines is 1. The van der Waals surface area contributed by atoms with Crippen LogP contribution in [0.3, 0.4) is 0 Å². The molecular formula is C16H27N3O. The van der Waals surface area contributed by atoms with Crippen LogP contribution in [-0.4, -0.2) is 35.3 Å². The van der Waals surface area contributed by atoms with Crippen molar-refractivity contribution in [2.45, 2.75) is 52.2 Å². The Morgan fingerprint density at radius 2 is 2.20 bits per heavy atom. The summed E-state index contributed by atoms with van der Waals surface area (Å²) in [4.78, 5) is 6.96. The summed E-state index contributed by atoms with van der Waals surface area (Å²) in [6.45, 7) is 9.89. The van der Waals surface area contributed by atoms with E-state index in [4.69, 9.17) is 0 Å². The molecule has 1 fully saturated rings. The molecule has 0 amide bonds. The predicted molar refractivity (Wildman–Crippen MR) is 83.0 cm³/mol. The molecule has 1 aromatic heterocycles. The van der Waals surface area contributed by atoms with Gasteiger partial charge in [0.25, 0.3) is 0 Å². The summed E-state index contributed by atoms with van der Waals surface area (Å²) >= 11 is 0. The van der Waals surface area contributed by atoms with Crippen LogP contribution in [0.5, 0.6) is 0 Å². The van der Waals surface area contributed by atoms with Crippen molar-refractivity contribution in [3.63, 3.8) is 0 Å². The van der Waals surface area contributed by atoms with Crippen molar-refractivity contribution in [1.82, 2.24) is 10.3 Å². The van der Waals surface area contributed by atoms with Crippen molar-refractivity contribution in [2.75, 3.05) is 24.5 Å². The number of aryl methyl sites for hydroxylation is 1. The molecule has 1 aliphatic rings. The van der Waals surface area contributed by atoms with Crippen LogP contribution in [0.25, 0.3) is 0 Å². The minimum absolute atomic E-state index is 0.520. The zero-order chi connectivity index (χ0) is 14.6. The van der Waals surface area contributed by atoms with Gasteiger partial charge in [-0.25, -0.2) is 4.98 Å². The molecule has 4 nitrogen and oxygen atoms in total. The molecule has 0 aliphatic carbocycles. The SMILES string of the molecule is CCNCc1cnc(N2CCCC(C)(O)CC2)c(C)c1. The lowest BCUT2D eigenvalue weighted by atomic mass is 9.98. The number of hydrogen-bond acceptors (Lipinski definition) is 4. The maximum absolute atomic E-state index is 10.2. The highest BCUT2D eigenvalue weighted by Gasteiger charge is 2.25. The molecule has 2 N–H and O–H groups in total. The molecule has 4 heteroatoms. The third kappa shape index (κ3) is 3.93. The first kappa shape index (κ1) is 15.3. The van der Waals surface area contributed by atoms with Gasteiger partial charge in [-0.05, 0) is 56.8 Å².